The van der Waals surface area contributed by atoms with E-state index in [9.17, 15) is 13.3 Å². The van der Waals surface area contributed by atoms with E-state index in [0.717, 1.165) is 5.56 Å². The van der Waals surface area contributed by atoms with Crippen molar-refractivity contribution < 1.29 is 8.42 Å². The van der Waals surface area contributed by atoms with Gasteiger partial charge in [-0.15, -0.1) is 4.91 Å². The van der Waals surface area contributed by atoms with Crippen LogP contribution in [0.25, 0.3) is 0 Å². The Morgan fingerprint density at radius 3 is 2.33 bits per heavy atom. The van der Waals surface area contributed by atoms with Gasteiger partial charge in [0.1, 0.15) is 0 Å². The molecule has 5 nitrogen and oxygen atoms in total. The van der Waals surface area contributed by atoms with E-state index in [-0.39, 0.29) is 4.90 Å². The van der Waals surface area contributed by atoms with Gasteiger partial charge in [-0.05, 0) is 19.1 Å². The number of rotatable bonds is 4. The van der Waals surface area contributed by atoms with Crippen LogP contribution in [0.4, 0.5) is 0 Å². The van der Waals surface area contributed by atoms with Gasteiger partial charge in [0.05, 0.1) is 10.2 Å². The fraction of sp³-hybridized carbons (Fsp3) is 0.250. The Balaban J connectivity index is 2.96. The summed E-state index contributed by atoms with van der Waals surface area (Å²) in [5.41, 5.74) is 0.949. The third-order valence-electron chi connectivity index (χ3n) is 1.75. The molecule has 0 aliphatic heterocycles. The molecule has 0 N–H and O–H groups in total. The van der Waals surface area contributed by atoms with Crippen LogP contribution in [0, 0.1) is 11.8 Å². The summed E-state index contributed by atoms with van der Waals surface area (Å²) in [5.74, 6) is -0.638. The zero-order chi connectivity index (χ0) is 11.5. The number of sulfone groups is 1. The van der Waals surface area contributed by atoms with Crippen molar-refractivity contribution in [3.05, 3.63) is 34.7 Å². The van der Waals surface area contributed by atoms with E-state index >= 15 is 0 Å². The minimum atomic E-state index is -3.59. The van der Waals surface area contributed by atoms with E-state index in [4.69, 9.17) is 11.8 Å². The predicted molar refractivity (Wildman–Crippen MR) is 56.7 cm³/mol. The summed E-state index contributed by atoms with van der Waals surface area (Å²) >= 11 is 5.21. The zero-order valence-corrected chi connectivity index (χ0v) is 9.49. The maximum absolute atomic E-state index is 11.6. The third-order valence-corrected chi connectivity index (χ3v) is 3.64. The van der Waals surface area contributed by atoms with Crippen molar-refractivity contribution >= 4 is 21.6 Å². The van der Waals surface area contributed by atoms with Crippen molar-refractivity contribution in [2.45, 2.75) is 11.8 Å². The number of nitrogens with zero attached hydrogens (tertiary/aromatic N) is 2. The molecule has 0 saturated heterocycles. The van der Waals surface area contributed by atoms with E-state index < -0.39 is 15.7 Å². The standard InChI is InChI=1S/C8H9ClN2O3S/c1-7-2-4-8(5-3-7)15(13,14)6-11(9)10-12/h2-5H,6H2,1H3. The lowest BCUT2D eigenvalue weighted by atomic mass is 10.2. The summed E-state index contributed by atoms with van der Waals surface area (Å²) in [6.07, 6.45) is 0. The van der Waals surface area contributed by atoms with E-state index in [0.29, 0.717) is 4.53 Å². The molecular weight excluding hydrogens is 240 g/mol. The van der Waals surface area contributed by atoms with Crippen LogP contribution in [0.1, 0.15) is 5.56 Å². The molecule has 0 heterocycles. The Labute approximate surface area is 92.6 Å². The topological polar surface area (TPSA) is 66.8 Å². The average Bonchev–Trinajstić information content (AvgIpc) is 2.17. The second kappa shape index (κ2) is 4.59. The van der Waals surface area contributed by atoms with Gasteiger partial charge in [-0.1, -0.05) is 17.7 Å². The summed E-state index contributed by atoms with van der Waals surface area (Å²) < 4.78 is 23.5. The third kappa shape index (κ3) is 3.17. The average molecular weight is 249 g/mol. The molecule has 0 radical (unpaired) electrons. The monoisotopic (exact) mass is 248 g/mol. The van der Waals surface area contributed by atoms with Crippen molar-refractivity contribution in [3.8, 4) is 0 Å². The van der Waals surface area contributed by atoms with Crippen LogP contribution in [0.15, 0.2) is 34.4 Å². The first kappa shape index (κ1) is 11.9. The van der Waals surface area contributed by atoms with E-state index in [1.807, 2.05) is 6.92 Å². The lowest BCUT2D eigenvalue weighted by Gasteiger charge is -2.06. The van der Waals surface area contributed by atoms with Crippen LogP contribution in [0.3, 0.4) is 0 Å². The summed E-state index contributed by atoms with van der Waals surface area (Å²) in [4.78, 5) is 10.1. The first-order chi connectivity index (χ1) is 6.95. The molecule has 0 saturated carbocycles. The number of benzene rings is 1. The first-order valence-electron chi connectivity index (χ1n) is 4.02. The van der Waals surface area contributed by atoms with Crippen LogP contribution in [0.5, 0.6) is 0 Å². The summed E-state index contributed by atoms with van der Waals surface area (Å²) in [6.45, 7) is 1.84. The molecule has 0 aromatic heterocycles. The van der Waals surface area contributed by atoms with Crippen LogP contribution < -0.4 is 0 Å². The fourth-order valence-electron chi connectivity index (χ4n) is 0.984. The predicted octanol–water partition coefficient (Wildman–Crippen LogP) is 1.86. The first-order valence-corrected chi connectivity index (χ1v) is 6.01. The van der Waals surface area contributed by atoms with Gasteiger partial charge in [-0.2, -0.15) is 4.53 Å². The van der Waals surface area contributed by atoms with Gasteiger partial charge >= 0.3 is 0 Å². The SMILES string of the molecule is Cc1ccc(S(=O)(=O)CN(Cl)N=O)cc1. The van der Waals surface area contributed by atoms with E-state index in [1.54, 1.807) is 12.1 Å². The zero-order valence-electron chi connectivity index (χ0n) is 7.92. The second-order valence-corrected chi connectivity index (χ2v) is 5.32. The fourth-order valence-corrected chi connectivity index (χ4v) is 2.40. The van der Waals surface area contributed by atoms with E-state index in [2.05, 4.69) is 5.29 Å². The second-order valence-electron chi connectivity index (χ2n) is 2.98. The van der Waals surface area contributed by atoms with Crippen molar-refractivity contribution in [3.63, 3.8) is 0 Å². The van der Waals surface area contributed by atoms with Gasteiger partial charge in [0.25, 0.3) is 0 Å². The minimum absolute atomic E-state index is 0.113. The number of aryl methyl sites for hydroxylation is 1. The van der Waals surface area contributed by atoms with Gasteiger partial charge in [0.2, 0.25) is 0 Å². The molecule has 82 valence electrons. The number of halogens is 1. The van der Waals surface area contributed by atoms with Gasteiger partial charge in [-0.3, -0.25) is 0 Å². The highest BCUT2D eigenvalue weighted by Gasteiger charge is 2.17. The Morgan fingerprint density at radius 2 is 1.87 bits per heavy atom. The molecular formula is C8H9ClN2O3S. The van der Waals surface area contributed by atoms with Crippen LogP contribution in [0.2, 0.25) is 0 Å². The number of hydrogen-bond acceptors (Lipinski definition) is 4. The van der Waals surface area contributed by atoms with Crippen molar-refractivity contribution in [2.75, 3.05) is 5.88 Å². The Kier molecular flexibility index (Phi) is 3.65. The quantitative estimate of drug-likeness (QED) is 0.463. The molecule has 0 bridgehead atoms. The van der Waals surface area contributed by atoms with Crippen LogP contribution in [-0.4, -0.2) is 18.8 Å². The highest BCUT2D eigenvalue weighted by Crippen LogP contribution is 2.14. The molecule has 1 aromatic carbocycles. The maximum Gasteiger partial charge on any atom is 0.199 e. The van der Waals surface area contributed by atoms with Crippen molar-refractivity contribution in [1.82, 2.24) is 4.53 Å². The normalized spacial score (nSPS) is 11.1. The van der Waals surface area contributed by atoms with E-state index in [1.165, 1.54) is 12.1 Å². The summed E-state index contributed by atoms with van der Waals surface area (Å²) in [6, 6.07) is 6.25. The lowest BCUT2D eigenvalue weighted by Crippen LogP contribution is -2.16. The van der Waals surface area contributed by atoms with Gasteiger partial charge in [-0.25, -0.2) is 8.42 Å². The summed E-state index contributed by atoms with van der Waals surface area (Å²) in [7, 11) is -3.59. The largest absolute Gasteiger partial charge is 0.222 e. The minimum Gasteiger partial charge on any atom is -0.222 e. The molecule has 1 rings (SSSR count). The molecule has 0 spiro atoms. The maximum atomic E-state index is 11.6. The van der Waals surface area contributed by atoms with Gasteiger partial charge in [0.15, 0.2) is 15.7 Å². The number of hydrogen-bond donors (Lipinski definition) is 0. The molecule has 0 atom stereocenters. The van der Waals surface area contributed by atoms with Crippen molar-refractivity contribution in [1.29, 1.82) is 0 Å². The molecule has 0 aliphatic carbocycles. The Hall–Kier alpha value is -1.14. The molecule has 0 unspecified atom stereocenters. The smallest absolute Gasteiger partial charge is 0.199 e. The van der Waals surface area contributed by atoms with Gasteiger partial charge in [0, 0.05) is 11.8 Å². The van der Waals surface area contributed by atoms with Crippen molar-refractivity contribution in [2.24, 2.45) is 5.29 Å². The molecule has 1 aromatic rings. The van der Waals surface area contributed by atoms with Gasteiger partial charge < -0.3 is 0 Å². The molecule has 0 aliphatic rings. The lowest BCUT2D eigenvalue weighted by molar-refractivity contribution is 0.521. The Bertz CT molecular complexity index is 443. The molecule has 0 amide bonds. The molecule has 0 fully saturated rings. The number of nitroso groups, excluding NO2 is 1. The van der Waals surface area contributed by atoms with Crippen LogP contribution >= 0.6 is 11.8 Å². The highest BCUT2D eigenvalue weighted by molar-refractivity contribution is 7.91. The molecule has 7 heteroatoms. The highest BCUT2D eigenvalue weighted by atomic mass is 35.5. The molecule has 15 heavy (non-hydrogen) atoms. The summed E-state index contributed by atoms with van der Waals surface area (Å²) in [5, 5.41) is 2.29. The van der Waals surface area contributed by atoms with Crippen LogP contribution in [-0.2, 0) is 9.84 Å². The Morgan fingerprint density at radius 1 is 1.33 bits per heavy atom.